The van der Waals surface area contributed by atoms with E-state index in [1.165, 1.54) is 0 Å². The molecule has 0 unspecified atom stereocenters. The Hall–Kier alpha value is -3.26. The van der Waals surface area contributed by atoms with Gasteiger partial charge in [0.05, 0.1) is 0 Å². The van der Waals surface area contributed by atoms with Crippen molar-refractivity contribution in [1.29, 1.82) is 0 Å². The zero-order chi connectivity index (χ0) is 19.4. The van der Waals surface area contributed by atoms with Crippen LogP contribution in [0.2, 0.25) is 5.02 Å². The maximum Gasteiger partial charge on any atom is 0.270 e. The van der Waals surface area contributed by atoms with Crippen molar-refractivity contribution in [3.63, 3.8) is 0 Å². The lowest BCUT2D eigenvalue weighted by Crippen LogP contribution is -2.42. The number of H-pyrrole nitrogens is 1. The zero-order valence-corrected chi connectivity index (χ0v) is 15.3. The Kier molecular flexibility index (Phi) is 5.18. The normalized spacial score (nSPS) is 11.1. The Balaban J connectivity index is 1.68. The number of hydrogen-bond donors (Lipinski definition) is 2. The molecule has 0 spiro atoms. The lowest BCUT2D eigenvalue weighted by atomic mass is 10.0. The van der Waals surface area contributed by atoms with Crippen molar-refractivity contribution in [2.45, 2.75) is 19.4 Å². The summed E-state index contributed by atoms with van der Waals surface area (Å²) < 4.78 is 5.74. The number of carbonyl (C=O) groups is 2. The highest BCUT2D eigenvalue weighted by Crippen LogP contribution is 2.21. The van der Waals surface area contributed by atoms with Gasteiger partial charge in [0.15, 0.2) is 11.4 Å². The van der Waals surface area contributed by atoms with E-state index in [1.54, 1.807) is 62.4 Å². The largest absolute Gasteiger partial charge is 0.478 e. The first-order valence-corrected chi connectivity index (χ1v) is 8.37. The van der Waals surface area contributed by atoms with Crippen LogP contribution in [0.5, 0.6) is 5.75 Å². The van der Waals surface area contributed by atoms with Crippen LogP contribution in [0.4, 0.5) is 5.95 Å². The first-order valence-electron chi connectivity index (χ1n) is 7.99. The first kappa shape index (κ1) is 18.5. The summed E-state index contributed by atoms with van der Waals surface area (Å²) in [5.41, 5.74) is -0.158. The maximum absolute atomic E-state index is 12.5. The number of hydrogen-bond acceptors (Lipinski definition) is 6. The molecule has 0 aliphatic heterocycles. The number of aromatic amines is 1. The minimum atomic E-state index is -1.19. The van der Waals surface area contributed by atoms with Gasteiger partial charge in [0.25, 0.3) is 11.9 Å². The summed E-state index contributed by atoms with van der Waals surface area (Å²) in [6.07, 6.45) is 0. The Morgan fingerprint density at radius 3 is 2.19 bits per heavy atom. The van der Waals surface area contributed by atoms with Crippen LogP contribution in [0.3, 0.4) is 0 Å². The molecule has 1 aromatic heterocycles. The number of benzene rings is 2. The predicted octanol–water partition coefficient (Wildman–Crippen LogP) is 2.88. The van der Waals surface area contributed by atoms with Crippen molar-refractivity contribution in [3.05, 3.63) is 64.7 Å². The second-order valence-electron chi connectivity index (χ2n) is 6.16. The van der Waals surface area contributed by atoms with Crippen molar-refractivity contribution in [1.82, 2.24) is 20.6 Å². The number of nitrogens with zero attached hydrogens (tertiary/aromatic N) is 3. The lowest BCUT2D eigenvalue weighted by Gasteiger charge is -2.24. The van der Waals surface area contributed by atoms with E-state index in [1.807, 2.05) is 0 Å². The maximum atomic E-state index is 12.5. The van der Waals surface area contributed by atoms with Gasteiger partial charge in [0.2, 0.25) is 0 Å². The Labute approximate surface area is 159 Å². The summed E-state index contributed by atoms with van der Waals surface area (Å²) in [6.45, 7) is 3.21. The van der Waals surface area contributed by atoms with Crippen molar-refractivity contribution in [3.8, 4) is 5.75 Å². The number of tetrazole rings is 1. The van der Waals surface area contributed by atoms with E-state index in [0.29, 0.717) is 21.9 Å². The number of rotatable bonds is 6. The predicted molar refractivity (Wildman–Crippen MR) is 98.8 cm³/mol. The first-order chi connectivity index (χ1) is 12.8. The van der Waals surface area contributed by atoms with Crippen LogP contribution in [0, 0.1) is 0 Å². The quantitative estimate of drug-likeness (QED) is 0.631. The summed E-state index contributed by atoms with van der Waals surface area (Å²) in [5.74, 6) is -0.0750. The standard InChI is InChI=1S/C18H16ClN5O3/c1-18(2,16(26)20-17-21-23-24-22-17)27-14-9-5-12(6-10-14)15(25)11-3-7-13(19)8-4-11/h3-10H,1-2H3,(H2,20,21,22,23,24,26). The molecule has 8 nitrogen and oxygen atoms in total. The van der Waals surface area contributed by atoms with Gasteiger partial charge in [-0.15, -0.1) is 5.10 Å². The Morgan fingerprint density at radius 1 is 1.04 bits per heavy atom. The fourth-order valence-electron chi connectivity index (χ4n) is 2.25. The SMILES string of the molecule is CC(C)(Oc1ccc(C(=O)c2ccc(Cl)cc2)cc1)C(=O)Nc1nn[nH]n1. The highest BCUT2D eigenvalue weighted by Gasteiger charge is 2.31. The Bertz CT molecular complexity index is 938. The molecule has 1 amide bonds. The number of halogens is 1. The van der Waals surface area contributed by atoms with Gasteiger partial charge < -0.3 is 4.74 Å². The van der Waals surface area contributed by atoms with Crippen LogP contribution >= 0.6 is 11.6 Å². The van der Waals surface area contributed by atoms with Crippen LogP contribution in [-0.4, -0.2) is 37.9 Å². The van der Waals surface area contributed by atoms with Crippen LogP contribution in [-0.2, 0) is 4.79 Å². The summed E-state index contributed by atoms with van der Waals surface area (Å²) >= 11 is 5.84. The summed E-state index contributed by atoms with van der Waals surface area (Å²) in [4.78, 5) is 24.8. The smallest absolute Gasteiger partial charge is 0.270 e. The van der Waals surface area contributed by atoms with E-state index in [4.69, 9.17) is 16.3 Å². The third-order valence-corrected chi connectivity index (χ3v) is 3.97. The van der Waals surface area contributed by atoms with Gasteiger partial charge in [0.1, 0.15) is 5.75 Å². The highest BCUT2D eigenvalue weighted by molar-refractivity contribution is 6.30. The molecule has 0 radical (unpaired) electrons. The van der Waals surface area contributed by atoms with Gasteiger partial charge in [-0.1, -0.05) is 16.7 Å². The summed E-state index contributed by atoms with van der Waals surface area (Å²) in [7, 11) is 0. The fraction of sp³-hybridized carbons (Fsp3) is 0.167. The van der Waals surface area contributed by atoms with Gasteiger partial charge in [-0.05, 0) is 67.6 Å². The van der Waals surface area contributed by atoms with E-state index in [9.17, 15) is 9.59 Å². The zero-order valence-electron chi connectivity index (χ0n) is 14.6. The van der Waals surface area contributed by atoms with E-state index in [-0.39, 0.29) is 11.7 Å². The molecule has 1 heterocycles. The number of amides is 1. The number of ketones is 1. The second kappa shape index (κ2) is 7.55. The third kappa shape index (κ3) is 4.48. The third-order valence-electron chi connectivity index (χ3n) is 3.71. The highest BCUT2D eigenvalue weighted by atomic mass is 35.5. The molecule has 0 bridgehead atoms. The lowest BCUT2D eigenvalue weighted by molar-refractivity contribution is -0.128. The molecule has 3 aromatic rings. The summed E-state index contributed by atoms with van der Waals surface area (Å²) in [5, 5.41) is 16.0. The fourth-order valence-corrected chi connectivity index (χ4v) is 2.38. The number of aromatic nitrogens is 4. The van der Waals surface area contributed by atoms with Gasteiger partial charge in [0, 0.05) is 16.1 Å². The van der Waals surface area contributed by atoms with E-state index < -0.39 is 11.5 Å². The number of ether oxygens (including phenoxy) is 1. The van der Waals surface area contributed by atoms with E-state index in [2.05, 4.69) is 25.9 Å². The summed E-state index contributed by atoms with van der Waals surface area (Å²) in [6, 6.07) is 13.2. The van der Waals surface area contributed by atoms with Gasteiger partial charge in [-0.2, -0.15) is 5.21 Å². The number of nitrogens with one attached hydrogen (secondary N) is 2. The molecule has 9 heteroatoms. The molecular weight excluding hydrogens is 370 g/mol. The van der Waals surface area contributed by atoms with Crippen molar-refractivity contribution >= 4 is 29.2 Å². The van der Waals surface area contributed by atoms with Crippen molar-refractivity contribution < 1.29 is 14.3 Å². The van der Waals surface area contributed by atoms with E-state index in [0.717, 1.165) is 0 Å². The van der Waals surface area contributed by atoms with Gasteiger partial charge >= 0.3 is 0 Å². The van der Waals surface area contributed by atoms with E-state index >= 15 is 0 Å². The molecule has 2 N–H and O–H groups in total. The molecule has 0 aliphatic carbocycles. The second-order valence-corrected chi connectivity index (χ2v) is 6.60. The molecule has 0 aliphatic rings. The number of carbonyl (C=O) groups excluding carboxylic acids is 2. The van der Waals surface area contributed by atoms with Crippen molar-refractivity contribution in [2.24, 2.45) is 0 Å². The Morgan fingerprint density at radius 2 is 1.63 bits per heavy atom. The average Bonchev–Trinajstić information content (AvgIpc) is 3.15. The topological polar surface area (TPSA) is 110 Å². The molecule has 138 valence electrons. The number of anilines is 1. The monoisotopic (exact) mass is 385 g/mol. The van der Waals surface area contributed by atoms with Crippen LogP contribution in [0.15, 0.2) is 48.5 Å². The molecule has 0 atom stereocenters. The minimum Gasteiger partial charge on any atom is -0.478 e. The molecule has 0 saturated carbocycles. The van der Waals surface area contributed by atoms with Gasteiger partial charge in [-0.25, -0.2) is 0 Å². The van der Waals surface area contributed by atoms with Crippen LogP contribution < -0.4 is 10.1 Å². The average molecular weight is 386 g/mol. The van der Waals surface area contributed by atoms with Gasteiger partial charge in [-0.3, -0.25) is 14.9 Å². The van der Waals surface area contributed by atoms with Crippen molar-refractivity contribution in [2.75, 3.05) is 5.32 Å². The van der Waals surface area contributed by atoms with Crippen LogP contribution in [0.25, 0.3) is 0 Å². The molecule has 27 heavy (non-hydrogen) atoms. The molecular formula is C18H16ClN5O3. The molecule has 2 aromatic carbocycles. The molecule has 3 rings (SSSR count). The minimum absolute atomic E-state index is 0.0561. The molecule has 0 saturated heterocycles. The van der Waals surface area contributed by atoms with Crippen LogP contribution in [0.1, 0.15) is 29.8 Å². The molecule has 0 fully saturated rings.